The van der Waals surface area contributed by atoms with E-state index in [9.17, 15) is 18.0 Å². The van der Waals surface area contributed by atoms with Crippen molar-refractivity contribution in [3.8, 4) is 0 Å². The molecule has 3 aromatic rings. The standard InChI is InChI=1S/C16H16F3N3O/c1-3-9(2)13-10(8-16(17,18)19)14(23)22-12-7-5-4-6-11(12)20-15(22)21-13/h4-7,9H,3,8H2,1-2H3,(H,20,21)/t9-/m1/s1. The van der Waals surface area contributed by atoms with Crippen LogP contribution in [0.1, 0.15) is 37.4 Å². The van der Waals surface area contributed by atoms with Crippen LogP contribution < -0.4 is 5.56 Å². The van der Waals surface area contributed by atoms with E-state index in [1.165, 1.54) is 4.40 Å². The summed E-state index contributed by atoms with van der Waals surface area (Å²) in [4.78, 5) is 20.0. The number of hydrogen-bond donors (Lipinski definition) is 1. The first-order chi connectivity index (χ1) is 10.8. The Labute approximate surface area is 130 Å². The summed E-state index contributed by atoms with van der Waals surface area (Å²) >= 11 is 0. The van der Waals surface area contributed by atoms with E-state index in [0.717, 1.165) is 0 Å². The van der Waals surface area contributed by atoms with Crippen molar-refractivity contribution in [1.82, 2.24) is 14.4 Å². The second kappa shape index (κ2) is 5.40. The van der Waals surface area contributed by atoms with Gasteiger partial charge in [0.1, 0.15) is 0 Å². The number of halogens is 3. The fourth-order valence-corrected chi connectivity index (χ4v) is 2.76. The van der Waals surface area contributed by atoms with Gasteiger partial charge in [-0.1, -0.05) is 26.0 Å². The quantitative estimate of drug-likeness (QED) is 0.797. The van der Waals surface area contributed by atoms with Gasteiger partial charge in [-0.15, -0.1) is 0 Å². The van der Waals surface area contributed by atoms with Crippen LogP contribution in [-0.4, -0.2) is 20.5 Å². The third kappa shape index (κ3) is 2.71. The van der Waals surface area contributed by atoms with E-state index in [4.69, 9.17) is 0 Å². The van der Waals surface area contributed by atoms with Crippen LogP contribution >= 0.6 is 0 Å². The summed E-state index contributed by atoms with van der Waals surface area (Å²) in [6.07, 6.45) is -5.07. The molecular weight excluding hydrogens is 307 g/mol. The van der Waals surface area contributed by atoms with Crippen molar-refractivity contribution in [2.24, 2.45) is 0 Å². The highest BCUT2D eigenvalue weighted by Crippen LogP contribution is 2.27. The molecular formula is C16H16F3N3O. The van der Waals surface area contributed by atoms with E-state index < -0.39 is 18.2 Å². The minimum Gasteiger partial charge on any atom is -0.328 e. The summed E-state index contributed by atoms with van der Waals surface area (Å²) in [5.41, 5.74) is 0.503. The Bertz CT molecular complexity index is 924. The van der Waals surface area contributed by atoms with Crippen molar-refractivity contribution in [2.45, 2.75) is 38.8 Å². The molecule has 0 aliphatic rings. The average Bonchev–Trinajstić information content (AvgIpc) is 2.86. The Morgan fingerprint density at radius 1 is 1.30 bits per heavy atom. The van der Waals surface area contributed by atoms with Crippen molar-refractivity contribution < 1.29 is 13.2 Å². The summed E-state index contributed by atoms with van der Waals surface area (Å²) in [5.74, 6) is 0.0855. The monoisotopic (exact) mass is 323 g/mol. The van der Waals surface area contributed by atoms with Crippen LogP contribution in [0.15, 0.2) is 29.1 Å². The van der Waals surface area contributed by atoms with E-state index in [2.05, 4.69) is 9.97 Å². The van der Waals surface area contributed by atoms with E-state index in [1.54, 1.807) is 31.2 Å². The second-order valence-electron chi connectivity index (χ2n) is 5.68. The van der Waals surface area contributed by atoms with Gasteiger partial charge in [0.05, 0.1) is 17.5 Å². The number of para-hydroxylation sites is 2. The van der Waals surface area contributed by atoms with Crippen LogP contribution in [0.2, 0.25) is 0 Å². The van der Waals surface area contributed by atoms with Crippen molar-refractivity contribution in [2.75, 3.05) is 0 Å². The topological polar surface area (TPSA) is 50.2 Å². The summed E-state index contributed by atoms with van der Waals surface area (Å²) in [7, 11) is 0. The van der Waals surface area contributed by atoms with Crippen LogP contribution in [0, 0.1) is 0 Å². The minimum absolute atomic E-state index is 0.190. The Morgan fingerprint density at radius 3 is 2.65 bits per heavy atom. The lowest BCUT2D eigenvalue weighted by Crippen LogP contribution is -2.27. The maximum absolute atomic E-state index is 12.9. The lowest BCUT2D eigenvalue weighted by atomic mass is 9.98. The average molecular weight is 323 g/mol. The molecule has 1 atom stereocenters. The molecule has 0 amide bonds. The zero-order valence-electron chi connectivity index (χ0n) is 12.7. The van der Waals surface area contributed by atoms with Crippen molar-refractivity contribution in [3.05, 3.63) is 45.9 Å². The van der Waals surface area contributed by atoms with Gasteiger partial charge in [-0.2, -0.15) is 13.2 Å². The SMILES string of the molecule is CC[C@@H](C)c1[nH]c2nc3ccccc3n2c(=O)c1CC(F)(F)F. The third-order valence-electron chi connectivity index (χ3n) is 4.08. The molecule has 0 unspecified atom stereocenters. The third-order valence-corrected chi connectivity index (χ3v) is 4.08. The van der Waals surface area contributed by atoms with Gasteiger partial charge in [0.15, 0.2) is 0 Å². The molecule has 0 fully saturated rings. The molecule has 1 aromatic carbocycles. The molecule has 0 bridgehead atoms. The van der Waals surface area contributed by atoms with Crippen molar-refractivity contribution in [3.63, 3.8) is 0 Å². The zero-order valence-corrected chi connectivity index (χ0v) is 12.7. The minimum atomic E-state index is -4.45. The fraction of sp³-hybridized carbons (Fsp3) is 0.375. The molecule has 2 heterocycles. The van der Waals surface area contributed by atoms with Gasteiger partial charge in [0.25, 0.3) is 5.56 Å². The fourth-order valence-electron chi connectivity index (χ4n) is 2.76. The van der Waals surface area contributed by atoms with E-state index in [-0.39, 0.29) is 17.3 Å². The smallest absolute Gasteiger partial charge is 0.328 e. The first-order valence-corrected chi connectivity index (χ1v) is 7.40. The summed E-state index contributed by atoms with van der Waals surface area (Å²) < 4.78 is 40.0. The molecule has 0 radical (unpaired) electrons. The van der Waals surface area contributed by atoms with Gasteiger partial charge < -0.3 is 4.98 Å². The number of aromatic nitrogens is 3. The maximum Gasteiger partial charge on any atom is 0.393 e. The number of aromatic amines is 1. The van der Waals surface area contributed by atoms with Gasteiger partial charge in [-0.05, 0) is 24.5 Å². The number of fused-ring (bicyclic) bond motifs is 3. The Balaban J connectivity index is 2.39. The van der Waals surface area contributed by atoms with Gasteiger partial charge >= 0.3 is 6.18 Å². The number of nitrogens with zero attached hydrogens (tertiary/aromatic N) is 2. The summed E-state index contributed by atoms with van der Waals surface area (Å²) in [6, 6.07) is 6.89. The lowest BCUT2D eigenvalue weighted by molar-refractivity contribution is -0.127. The predicted octanol–water partition coefficient (Wildman–Crippen LogP) is 3.79. The van der Waals surface area contributed by atoms with Crippen LogP contribution in [0.4, 0.5) is 13.2 Å². The van der Waals surface area contributed by atoms with E-state index in [0.29, 0.717) is 23.1 Å². The van der Waals surface area contributed by atoms with Crippen LogP contribution in [0.3, 0.4) is 0 Å². The number of rotatable bonds is 3. The number of nitrogens with one attached hydrogen (secondary N) is 1. The molecule has 122 valence electrons. The first kappa shape index (κ1) is 15.6. The molecule has 7 heteroatoms. The summed E-state index contributed by atoms with van der Waals surface area (Å²) in [6.45, 7) is 3.66. The van der Waals surface area contributed by atoms with Crippen LogP contribution in [0.25, 0.3) is 16.8 Å². The molecule has 3 rings (SSSR count). The normalized spacial score (nSPS) is 13.8. The van der Waals surface area contributed by atoms with Gasteiger partial charge in [0, 0.05) is 11.3 Å². The molecule has 1 N–H and O–H groups in total. The van der Waals surface area contributed by atoms with Crippen LogP contribution in [-0.2, 0) is 6.42 Å². The summed E-state index contributed by atoms with van der Waals surface area (Å²) in [5, 5.41) is 0. The number of hydrogen-bond acceptors (Lipinski definition) is 2. The molecule has 4 nitrogen and oxygen atoms in total. The first-order valence-electron chi connectivity index (χ1n) is 7.40. The molecule has 0 spiro atoms. The molecule has 0 aliphatic carbocycles. The van der Waals surface area contributed by atoms with Gasteiger partial charge in [0.2, 0.25) is 5.78 Å². The largest absolute Gasteiger partial charge is 0.393 e. The Kier molecular flexibility index (Phi) is 3.66. The maximum atomic E-state index is 12.9. The highest BCUT2D eigenvalue weighted by molar-refractivity contribution is 5.79. The molecule has 23 heavy (non-hydrogen) atoms. The van der Waals surface area contributed by atoms with Gasteiger partial charge in [-0.25, -0.2) is 9.38 Å². The van der Waals surface area contributed by atoms with E-state index in [1.807, 2.05) is 6.92 Å². The molecule has 0 aliphatic heterocycles. The zero-order chi connectivity index (χ0) is 16.8. The molecule has 0 saturated carbocycles. The number of imidazole rings is 1. The second-order valence-corrected chi connectivity index (χ2v) is 5.68. The molecule has 2 aromatic heterocycles. The highest BCUT2D eigenvalue weighted by Gasteiger charge is 2.32. The number of alkyl halides is 3. The van der Waals surface area contributed by atoms with Crippen molar-refractivity contribution >= 4 is 16.8 Å². The highest BCUT2D eigenvalue weighted by atomic mass is 19.4. The Hall–Kier alpha value is -2.31. The Morgan fingerprint density at radius 2 is 2.00 bits per heavy atom. The van der Waals surface area contributed by atoms with Gasteiger partial charge in [-0.3, -0.25) is 4.79 Å². The number of benzene rings is 1. The predicted molar refractivity (Wildman–Crippen MR) is 81.8 cm³/mol. The lowest BCUT2D eigenvalue weighted by Gasteiger charge is -2.16. The van der Waals surface area contributed by atoms with Crippen molar-refractivity contribution in [1.29, 1.82) is 0 Å². The van der Waals surface area contributed by atoms with E-state index >= 15 is 0 Å². The number of H-pyrrole nitrogens is 1. The van der Waals surface area contributed by atoms with Crippen LogP contribution in [0.5, 0.6) is 0 Å². The molecule has 0 saturated heterocycles.